The number of carboxylic acid groups (broad SMARTS) is 1. The number of aliphatic hydroxyl groups excluding tert-OH is 2. The molecule has 4 N–H and O–H groups in total. The van der Waals surface area contributed by atoms with E-state index in [4.69, 9.17) is 21.3 Å². The molecule has 2 aromatic heterocycles. The van der Waals surface area contributed by atoms with Gasteiger partial charge in [-0.1, -0.05) is 17.7 Å². The molecule has 4 heterocycles. The van der Waals surface area contributed by atoms with E-state index < -0.39 is 29.8 Å². The number of nitrogens with zero attached hydrogens (tertiary/aromatic N) is 5. The fraction of sp³-hybridized carbons (Fsp3) is 0.423. The summed E-state index contributed by atoms with van der Waals surface area (Å²) < 4.78 is 5.95. The van der Waals surface area contributed by atoms with Gasteiger partial charge >= 0.3 is 5.97 Å². The van der Waals surface area contributed by atoms with Gasteiger partial charge in [0.2, 0.25) is 0 Å². The van der Waals surface area contributed by atoms with Gasteiger partial charge in [0.25, 0.3) is 0 Å². The number of hydrogen-bond donors (Lipinski definition) is 4. The Labute approximate surface area is 223 Å². The monoisotopic (exact) mass is 538 g/mol. The second-order valence-corrected chi connectivity index (χ2v) is 10.3. The summed E-state index contributed by atoms with van der Waals surface area (Å²) in [7, 11) is 0. The van der Waals surface area contributed by atoms with Crippen molar-refractivity contribution in [2.45, 2.75) is 50.5 Å². The predicted octanol–water partition coefficient (Wildman–Crippen LogP) is 2.82. The normalized spacial score (nSPS) is 23.9. The number of aromatic carboxylic acids is 1. The summed E-state index contributed by atoms with van der Waals surface area (Å²) in [6, 6.07) is 8.64. The number of pyridine rings is 1. The van der Waals surface area contributed by atoms with E-state index >= 15 is 0 Å². The number of fused-ring (bicyclic) bond motifs is 1. The smallest absolute Gasteiger partial charge is 0.356 e. The van der Waals surface area contributed by atoms with E-state index in [1.165, 1.54) is 6.07 Å². The van der Waals surface area contributed by atoms with Crippen molar-refractivity contribution in [2.75, 3.05) is 29.9 Å². The number of hydrogen-bond acceptors (Lipinski definition) is 10. The van der Waals surface area contributed by atoms with Crippen LogP contribution in [-0.2, 0) is 4.74 Å². The quantitative estimate of drug-likeness (QED) is 0.353. The first-order chi connectivity index (χ1) is 18.1. The first kappa shape index (κ1) is 26.1. The highest BCUT2D eigenvalue weighted by Gasteiger charge is 2.46. The van der Waals surface area contributed by atoms with Crippen LogP contribution in [0.2, 0.25) is 5.15 Å². The highest BCUT2D eigenvalue weighted by atomic mass is 35.5. The Morgan fingerprint density at radius 3 is 2.79 bits per heavy atom. The number of carboxylic acids is 1. The fourth-order valence-electron chi connectivity index (χ4n) is 5.23. The standard InChI is InChI=1S/C26H27ClN6O5/c1-13-7-15(14(2)29-16-3-4-21(27)31-23(16)25(36)37)22-17(8-13)30-18(10-28)24(32-22)33-6-5-26(12-33)9-19(34)20(35)11-38-26/h3-4,7-8,14,19-20,29,34-35H,5-6,9,11-12H2,1-2H3,(H,36,37)/t14-,19?,20?,26?/m1/s1. The maximum Gasteiger partial charge on any atom is 0.356 e. The topological polar surface area (TPSA) is 165 Å². The van der Waals surface area contributed by atoms with E-state index in [1.54, 1.807) is 6.07 Å². The van der Waals surface area contributed by atoms with Gasteiger partial charge in [-0.15, -0.1) is 0 Å². The highest BCUT2D eigenvalue weighted by Crippen LogP contribution is 2.38. The number of nitriles is 1. The molecule has 0 radical (unpaired) electrons. The van der Waals surface area contributed by atoms with Crippen LogP contribution >= 0.6 is 11.6 Å². The van der Waals surface area contributed by atoms with Crippen LogP contribution in [0.4, 0.5) is 11.5 Å². The molecule has 0 saturated carbocycles. The molecular weight excluding hydrogens is 512 g/mol. The second-order valence-electron chi connectivity index (χ2n) is 9.94. The third-order valence-corrected chi connectivity index (χ3v) is 7.35. The summed E-state index contributed by atoms with van der Waals surface area (Å²) in [5.74, 6) is -0.791. The molecule has 2 aliphatic rings. The molecule has 12 heteroatoms. The SMILES string of the molecule is Cc1cc([C@@H](C)Nc2ccc(Cl)nc2C(=O)O)c2nc(N3CCC4(CC(O)C(O)CO4)C3)c(C#N)nc2c1. The Hall–Kier alpha value is -3.56. The van der Waals surface area contributed by atoms with Crippen molar-refractivity contribution < 1.29 is 24.9 Å². The molecule has 0 aliphatic carbocycles. The van der Waals surface area contributed by atoms with Crippen molar-refractivity contribution in [2.24, 2.45) is 0 Å². The molecule has 5 rings (SSSR count). The Morgan fingerprint density at radius 2 is 2.08 bits per heavy atom. The fourth-order valence-corrected chi connectivity index (χ4v) is 5.38. The number of aromatic nitrogens is 3. The van der Waals surface area contributed by atoms with Crippen LogP contribution in [0.1, 0.15) is 53.1 Å². The molecule has 1 spiro atoms. The van der Waals surface area contributed by atoms with Crippen molar-refractivity contribution in [3.8, 4) is 6.07 Å². The van der Waals surface area contributed by atoms with Gasteiger partial charge in [0, 0.05) is 25.1 Å². The van der Waals surface area contributed by atoms with Crippen LogP contribution < -0.4 is 10.2 Å². The molecule has 2 saturated heterocycles. The number of nitrogens with one attached hydrogen (secondary N) is 1. The zero-order valence-corrected chi connectivity index (χ0v) is 21.6. The van der Waals surface area contributed by atoms with Crippen LogP contribution in [0.5, 0.6) is 0 Å². The number of rotatable bonds is 5. The minimum absolute atomic E-state index is 0.0496. The summed E-state index contributed by atoms with van der Waals surface area (Å²) in [6.45, 7) is 4.79. The second kappa shape index (κ2) is 9.96. The van der Waals surface area contributed by atoms with E-state index in [1.807, 2.05) is 30.9 Å². The number of carbonyl (C=O) groups is 1. The molecule has 0 amide bonds. The molecule has 38 heavy (non-hydrogen) atoms. The van der Waals surface area contributed by atoms with Crippen molar-refractivity contribution in [1.82, 2.24) is 15.0 Å². The van der Waals surface area contributed by atoms with Gasteiger partial charge in [0.1, 0.15) is 17.3 Å². The molecule has 198 valence electrons. The molecular formula is C26H27ClN6O5. The molecule has 0 bridgehead atoms. The molecule has 1 aromatic carbocycles. The number of halogens is 1. The van der Waals surface area contributed by atoms with Crippen molar-refractivity contribution in [3.63, 3.8) is 0 Å². The number of ether oxygens (including phenoxy) is 1. The summed E-state index contributed by atoms with van der Waals surface area (Å²) >= 11 is 5.90. The molecule has 2 fully saturated rings. The molecule has 11 nitrogen and oxygen atoms in total. The summed E-state index contributed by atoms with van der Waals surface area (Å²) in [5.41, 5.74) is 2.45. The van der Waals surface area contributed by atoms with Gasteiger partial charge in [-0.3, -0.25) is 0 Å². The minimum Gasteiger partial charge on any atom is -0.476 e. The van der Waals surface area contributed by atoms with Crippen LogP contribution in [0, 0.1) is 18.3 Å². The summed E-state index contributed by atoms with van der Waals surface area (Å²) in [4.78, 5) is 27.1. The molecule has 4 atom stereocenters. The lowest BCUT2D eigenvalue weighted by Crippen LogP contribution is -2.50. The zero-order chi connectivity index (χ0) is 27.2. The van der Waals surface area contributed by atoms with E-state index in [2.05, 4.69) is 21.4 Å². The Balaban J connectivity index is 1.52. The third kappa shape index (κ3) is 4.83. The summed E-state index contributed by atoms with van der Waals surface area (Å²) in [6.07, 6.45) is -0.884. The third-order valence-electron chi connectivity index (χ3n) is 7.14. The number of aryl methyl sites for hydroxylation is 1. The number of anilines is 2. The first-order valence-corrected chi connectivity index (χ1v) is 12.6. The molecule has 3 aromatic rings. The maximum atomic E-state index is 11.7. The number of aliphatic hydroxyl groups is 2. The first-order valence-electron chi connectivity index (χ1n) is 12.2. The largest absolute Gasteiger partial charge is 0.476 e. The van der Waals surface area contributed by atoms with Gasteiger partial charge in [-0.25, -0.2) is 19.7 Å². The van der Waals surface area contributed by atoms with Crippen molar-refractivity contribution >= 4 is 40.1 Å². The van der Waals surface area contributed by atoms with Crippen LogP contribution in [-0.4, -0.2) is 73.7 Å². The van der Waals surface area contributed by atoms with Crippen LogP contribution in [0.25, 0.3) is 11.0 Å². The summed E-state index contributed by atoms with van der Waals surface area (Å²) in [5, 5.41) is 42.9. The highest BCUT2D eigenvalue weighted by molar-refractivity contribution is 6.29. The minimum atomic E-state index is -1.21. The van der Waals surface area contributed by atoms with Crippen molar-refractivity contribution in [3.05, 3.63) is 51.9 Å². The van der Waals surface area contributed by atoms with E-state index in [-0.39, 0.29) is 23.1 Å². The van der Waals surface area contributed by atoms with E-state index in [9.17, 15) is 25.4 Å². The van der Waals surface area contributed by atoms with Gasteiger partial charge < -0.3 is 30.3 Å². The Kier molecular flexibility index (Phi) is 6.83. The van der Waals surface area contributed by atoms with Crippen LogP contribution in [0.3, 0.4) is 0 Å². The zero-order valence-electron chi connectivity index (χ0n) is 20.8. The maximum absolute atomic E-state index is 11.7. The Morgan fingerprint density at radius 1 is 1.29 bits per heavy atom. The average Bonchev–Trinajstić information content (AvgIpc) is 3.29. The average molecular weight is 539 g/mol. The lowest BCUT2D eigenvalue weighted by atomic mass is 9.90. The van der Waals surface area contributed by atoms with E-state index in [0.717, 1.165) is 11.1 Å². The van der Waals surface area contributed by atoms with Gasteiger partial charge in [-0.05, 0) is 44.0 Å². The Bertz CT molecular complexity index is 1460. The van der Waals surface area contributed by atoms with Crippen LogP contribution in [0.15, 0.2) is 24.3 Å². The molecule has 3 unspecified atom stereocenters. The predicted molar refractivity (Wildman–Crippen MR) is 139 cm³/mol. The van der Waals surface area contributed by atoms with Gasteiger partial charge in [-0.2, -0.15) is 5.26 Å². The lowest BCUT2D eigenvalue weighted by Gasteiger charge is -2.38. The van der Waals surface area contributed by atoms with Crippen molar-refractivity contribution in [1.29, 1.82) is 5.26 Å². The lowest BCUT2D eigenvalue weighted by molar-refractivity contribution is -0.162. The number of benzene rings is 1. The molecule has 2 aliphatic heterocycles. The van der Waals surface area contributed by atoms with E-state index in [0.29, 0.717) is 48.5 Å². The van der Waals surface area contributed by atoms with Gasteiger partial charge in [0.05, 0.1) is 41.1 Å². The van der Waals surface area contributed by atoms with Gasteiger partial charge in [0.15, 0.2) is 17.2 Å².